The molecule has 7 heteroatoms. The molecule has 0 fully saturated rings. The molecule has 1 N–H and O–H groups in total. The average Bonchev–Trinajstić information content (AvgIpc) is 3.07. The normalized spacial score (nSPS) is 12.1. The molecule has 0 bridgehead atoms. The molecule has 0 radical (unpaired) electrons. The second-order valence-electron chi connectivity index (χ2n) is 6.48. The summed E-state index contributed by atoms with van der Waals surface area (Å²) < 4.78 is 26.1. The Labute approximate surface area is 169 Å². The van der Waals surface area contributed by atoms with Crippen LogP contribution in [-0.2, 0) is 6.54 Å². The lowest BCUT2D eigenvalue weighted by atomic mass is 10.1. The number of nitrogens with zero attached hydrogens (tertiary/aromatic N) is 2. The molecule has 0 aliphatic rings. The van der Waals surface area contributed by atoms with Crippen LogP contribution in [0.4, 0.5) is 4.39 Å². The summed E-state index contributed by atoms with van der Waals surface area (Å²) in [5.74, 6) is 0.954. The Morgan fingerprint density at radius 1 is 1.21 bits per heavy atom. The number of aromatic nitrogens is 2. The molecule has 0 aliphatic carbocycles. The van der Waals surface area contributed by atoms with Gasteiger partial charge < -0.3 is 14.8 Å². The van der Waals surface area contributed by atoms with Crippen LogP contribution in [0.3, 0.4) is 0 Å². The zero-order chi connectivity index (χ0) is 20.3. The van der Waals surface area contributed by atoms with Crippen molar-refractivity contribution in [2.75, 3.05) is 14.2 Å². The van der Waals surface area contributed by atoms with E-state index in [1.165, 1.54) is 12.1 Å². The number of nitrogens with one attached hydrogen (secondary N) is 1. The molecule has 3 aromatic rings. The fourth-order valence-corrected chi connectivity index (χ4v) is 3.46. The van der Waals surface area contributed by atoms with Crippen molar-refractivity contribution < 1.29 is 13.9 Å². The van der Waals surface area contributed by atoms with Crippen LogP contribution >= 0.6 is 11.6 Å². The number of halogens is 2. The summed E-state index contributed by atoms with van der Waals surface area (Å²) in [5.41, 5.74) is 3.56. The fraction of sp³-hybridized carbons (Fsp3) is 0.286. The summed E-state index contributed by atoms with van der Waals surface area (Å²) in [7, 11) is 3.18. The topological polar surface area (TPSA) is 48.3 Å². The highest BCUT2D eigenvalue weighted by molar-refractivity contribution is 6.30. The van der Waals surface area contributed by atoms with Gasteiger partial charge in [0, 0.05) is 40.5 Å². The first-order chi connectivity index (χ1) is 13.4. The highest BCUT2D eigenvalue weighted by Crippen LogP contribution is 2.34. The van der Waals surface area contributed by atoms with E-state index in [1.54, 1.807) is 37.2 Å². The Kier molecular flexibility index (Phi) is 6.21. The molecule has 0 saturated carbocycles. The highest BCUT2D eigenvalue weighted by Gasteiger charge is 2.17. The van der Waals surface area contributed by atoms with Crippen LogP contribution in [0.5, 0.6) is 11.5 Å². The lowest BCUT2D eigenvalue weighted by Crippen LogP contribution is -2.19. The number of methoxy groups -OCH3 is 2. The van der Waals surface area contributed by atoms with Crippen molar-refractivity contribution in [2.24, 2.45) is 0 Å². The second kappa shape index (κ2) is 8.63. The maximum atomic E-state index is 13.5. The number of ether oxygens (including phenoxy) is 2. The molecular weight excluding hydrogens is 381 g/mol. The SMILES string of the molecule is COc1cc(Cl)cc(CN[C@H](C)c2cnn(-c3cccc(F)c3)c2C)c1OC. The Bertz CT molecular complexity index is 974. The minimum Gasteiger partial charge on any atom is -0.493 e. The van der Waals surface area contributed by atoms with Crippen molar-refractivity contribution >= 4 is 11.6 Å². The van der Waals surface area contributed by atoms with Gasteiger partial charge in [0.25, 0.3) is 0 Å². The van der Waals surface area contributed by atoms with E-state index in [-0.39, 0.29) is 11.9 Å². The third-order valence-corrected chi connectivity index (χ3v) is 4.90. The van der Waals surface area contributed by atoms with Crippen LogP contribution < -0.4 is 14.8 Å². The van der Waals surface area contributed by atoms with E-state index in [1.807, 2.05) is 26.0 Å². The van der Waals surface area contributed by atoms with Gasteiger partial charge in [-0.05, 0) is 38.1 Å². The van der Waals surface area contributed by atoms with Gasteiger partial charge in [-0.25, -0.2) is 9.07 Å². The van der Waals surface area contributed by atoms with Crippen LogP contribution in [0.1, 0.15) is 29.8 Å². The Balaban J connectivity index is 1.80. The summed E-state index contributed by atoms with van der Waals surface area (Å²) >= 11 is 6.19. The lowest BCUT2D eigenvalue weighted by Gasteiger charge is -2.17. The van der Waals surface area contributed by atoms with Gasteiger partial charge in [-0.15, -0.1) is 0 Å². The number of hydrogen-bond donors (Lipinski definition) is 1. The highest BCUT2D eigenvalue weighted by atomic mass is 35.5. The maximum Gasteiger partial charge on any atom is 0.165 e. The molecule has 1 aromatic heterocycles. The average molecular weight is 404 g/mol. The molecule has 2 aromatic carbocycles. The van der Waals surface area contributed by atoms with E-state index in [0.717, 1.165) is 16.8 Å². The van der Waals surface area contributed by atoms with Gasteiger partial charge in [-0.2, -0.15) is 5.10 Å². The van der Waals surface area contributed by atoms with Crippen molar-refractivity contribution in [3.8, 4) is 17.2 Å². The van der Waals surface area contributed by atoms with Gasteiger partial charge in [0.15, 0.2) is 11.5 Å². The molecule has 0 saturated heterocycles. The minimum absolute atomic E-state index is 0.0111. The molecule has 1 heterocycles. The molecule has 0 unspecified atom stereocenters. The first kappa shape index (κ1) is 20.2. The monoisotopic (exact) mass is 403 g/mol. The first-order valence-corrected chi connectivity index (χ1v) is 9.26. The van der Waals surface area contributed by atoms with E-state index < -0.39 is 0 Å². The van der Waals surface area contributed by atoms with Crippen LogP contribution in [0.25, 0.3) is 5.69 Å². The zero-order valence-corrected chi connectivity index (χ0v) is 17.0. The second-order valence-corrected chi connectivity index (χ2v) is 6.92. The summed E-state index contributed by atoms with van der Waals surface area (Å²) in [5, 5.41) is 8.47. The molecule has 0 spiro atoms. The van der Waals surface area contributed by atoms with Crippen LogP contribution in [0.2, 0.25) is 5.02 Å². The summed E-state index contributed by atoms with van der Waals surface area (Å²) in [6, 6.07) is 9.97. The number of benzene rings is 2. The lowest BCUT2D eigenvalue weighted by molar-refractivity contribution is 0.350. The minimum atomic E-state index is -0.290. The van der Waals surface area contributed by atoms with Crippen LogP contribution in [0, 0.1) is 12.7 Å². The predicted octanol–water partition coefficient (Wildman–Crippen LogP) is 4.84. The van der Waals surface area contributed by atoms with Gasteiger partial charge >= 0.3 is 0 Å². The first-order valence-electron chi connectivity index (χ1n) is 8.88. The van der Waals surface area contributed by atoms with E-state index in [2.05, 4.69) is 10.4 Å². The summed E-state index contributed by atoms with van der Waals surface area (Å²) in [6.07, 6.45) is 1.80. The van der Waals surface area contributed by atoms with E-state index >= 15 is 0 Å². The van der Waals surface area contributed by atoms with E-state index in [0.29, 0.717) is 28.8 Å². The van der Waals surface area contributed by atoms with Gasteiger partial charge in [0.2, 0.25) is 0 Å². The van der Waals surface area contributed by atoms with Crippen molar-refractivity contribution in [2.45, 2.75) is 26.4 Å². The molecule has 1 atom stereocenters. The van der Waals surface area contributed by atoms with Crippen molar-refractivity contribution in [1.29, 1.82) is 0 Å². The Hall–Kier alpha value is -2.57. The van der Waals surface area contributed by atoms with Gasteiger partial charge in [-0.1, -0.05) is 17.7 Å². The van der Waals surface area contributed by atoms with E-state index in [9.17, 15) is 4.39 Å². The molecule has 148 valence electrons. The van der Waals surface area contributed by atoms with E-state index in [4.69, 9.17) is 21.1 Å². The van der Waals surface area contributed by atoms with Crippen LogP contribution in [-0.4, -0.2) is 24.0 Å². The molecular formula is C21H23ClFN3O2. The largest absolute Gasteiger partial charge is 0.493 e. The van der Waals surface area contributed by atoms with Crippen molar-refractivity contribution in [3.63, 3.8) is 0 Å². The standard InChI is InChI=1S/C21H23ClFN3O2/c1-13(24-11-15-8-16(22)9-20(27-3)21(15)28-4)19-12-25-26(14(19)2)18-7-5-6-17(23)10-18/h5-10,12-13,24H,11H2,1-4H3/t13-/m1/s1. The zero-order valence-electron chi connectivity index (χ0n) is 16.3. The van der Waals surface area contributed by atoms with Gasteiger partial charge in [0.05, 0.1) is 26.1 Å². The maximum absolute atomic E-state index is 13.5. The quantitative estimate of drug-likeness (QED) is 0.613. The van der Waals surface area contributed by atoms with Crippen molar-refractivity contribution in [1.82, 2.24) is 15.1 Å². The smallest absolute Gasteiger partial charge is 0.165 e. The summed E-state index contributed by atoms with van der Waals surface area (Å²) in [4.78, 5) is 0. The Morgan fingerprint density at radius 2 is 2.00 bits per heavy atom. The van der Waals surface area contributed by atoms with Gasteiger partial charge in [-0.3, -0.25) is 0 Å². The Morgan fingerprint density at radius 3 is 2.68 bits per heavy atom. The predicted molar refractivity (Wildman–Crippen MR) is 108 cm³/mol. The molecule has 5 nitrogen and oxygen atoms in total. The van der Waals surface area contributed by atoms with Crippen LogP contribution in [0.15, 0.2) is 42.6 Å². The fourth-order valence-electron chi connectivity index (χ4n) is 3.23. The number of rotatable bonds is 7. The third kappa shape index (κ3) is 4.13. The third-order valence-electron chi connectivity index (χ3n) is 4.69. The van der Waals surface area contributed by atoms with Gasteiger partial charge in [0.1, 0.15) is 5.82 Å². The van der Waals surface area contributed by atoms with Crippen molar-refractivity contribution in [3.05, 3.63) is 70.3 Å². The molecule has 0 amide bonds. The summed E-state index contributed by atoms with van der Waals surface area (Å²) in [6.45, 7) is 4.55. The molecule has 3 rings (SSSR count). The number of hydrogen-bond acceptors (Lipinski definition) is 4. The molecule has 28 heavy (non-hydrogen) atoms. The molecule has 0 aliphatic heterocycles.